The number of methoxy groups -OCH3 is 1. The number of fused-ring (bicyclic) bond motifs is 1. The molecule has 29 heavy (non-hydrogen) atoms. The second-order valence-electron chi connectivity index (χ2n) is 6.28. The minimum Gasteiger partial charge on any atom is -0.497 e. The van der Waals surface area contributed by atoms with Gasteiger partial charge in [-0.05, 0) is 42.3 Å². The van der Waals surface area contributed by atoms with Crippen molar-refractivity contribution in [1.29, 1.82) is 0 Å². The highest BCUT2D eigenvalue weighted by Crippen LogP contribution is 2.30. The molecule has 0 bridgehead atoms. The molecule has 0 aliphatic rings. The van der Waals surface area contributed by atoms with Gasteiger partial charge in [0.25, 0.3) is 5.91 Å². The zero-order chi connectivity index (χ0) is 21.0. The first-order valence-corrected chi connectivity index (χ1v) is 8.74. The maximum atomic E-state index is 12.0. The molecular weight excluding hydrogens is 378 g/mol. The molecule has 1 aromatic heterocycles. The molecule has 8 nitrogen and oxygen atoms in total. The molecular formula is C21H19NO7. The number of carboxylic acids is 1. The maximum Gasteiger partial charge on any atom is 0.336 e. The Kier molecular flexibility index (Phi) is 5.82. The summed E-state index contributed by atoms with van der Waals surface area (Å²) in [6, 6.07) is 12.5. The predicted octanol–water partition coefficient (Wildman–Crippen LogP) is 2.44. The monoisotopic (exact) mass is 397 g/mol. The largest absolute Gasteiger partial charge is 0.497 e. The van der Waals surface area contributed by atoms with Gasteiger partial charge < -0.3 is 24.3 Å². The van der Waals surface area contributed by atoms with Gasteiger partial charge in [-0.3, -0.25) is 9.59 Å². The van der Waals surface area contributed by atoms with Crippen molar-refractivity contribution in [3.05, 3.63) is 59.0 Å². The van der Waals surface area contributed by atoms with Gasteiger partial charge in [0.05, 0.1) is 7.11 Å². The van der Waals surface area contributed by atoms with E-state index in [0.29, 0.717) is 28.0 Å². The van der Waals surface area contributed by atoms with E-state index in [0.717, 1.165) is 5.56 Å². The van der Waals surface area contributed by atoms with Crippen molar-refractivity contribution in [2.75, 3.05) is 13.7 Å². The van der Waals surface area contributed by atoms with E-state index in [1.807, 2.05) is 12.1 Å². The van der Waals surface area contributed by atoms with E-state index in [2.05, 4.69) is 5.32 Å². The van der Waals surface area contributed by atoms with E-state index in [9.17, 15) is 14.4 Å². The van der Waals surface area contributed by atoms with E-state index >= 15 is 0 Å². The molecule has 1 amide bonds. The van der Waals surface area contributed by atoms with Crippen LogP contribution in [0.15, 0.2) is 57.7 Å². The smallest absolute Gasteiger partial charge is 0.336 e. The lowest BCUT2D eigenvalue weighted by molar-refractivity contribution is -0.141. The molecule has 0 spiro atoms. The highest BCUT2D eigenvalue weighted by molar-refractivity contribution is 5.94. The number of benzene rings is 2. The first kappa shape index (κ1) is 19.9. The number of hydrogen-bond acceptors (Lipinski definition) is 6. The van der Waals surface area contributed by atoms with Crippen LogP contribution < -0.4 is 20.4 Å². The quantitative estimate of drug-likeness (QED) is 0.588. The number of carboxylic acid groups (broad SMARTS) is 1. The molecule has 0 unspecified atom stereocenters. The normalized spacial score (nSPS) is 11.7. The molecule has 0 radical (unpaired) electrons. The lowest BCUT2D eigenvalue weighted by atomic mass is 10.0. The van der Waals surface area contributed by atoms with Crippen molar-refractivity contribution >= 4 is 22.8 Å². The van der Waals surface area contributed by atoms with Gasteiger partial charge in [-0.1, -0.05) is 12.1 Å². The molecule has 3 aromatic rings. The molecule has 0 aliphatic carbocycles. The first-order chi connectivity index (χ1) is 13.9. The molecule has 2 N–H and O–H groups in total. The van der Waals surface area contributed by atoms with Gasteiger partial charge in [-0.2, -0.15) is 0 Å². The number of ether oxygens (including phenoxy) is 2. The van der Waals surface area contributed by atoms with Crippen LogP contribution in [0, 0.1) is 0 Å². The summed E-state index contributed by atoms with van der Waals surface area (Å²) in [7, 11) is 1.58. The summed E-state index contributed by atoms with van der Waals surface area (Å²) >= 11 is 0. The third-order valence-electron chi connectivity index (χ3n) is 4.23. The number of aliphatic carboxylic acids is 1. The van der Waals surface area contributed by atoms with Crippen molar-refractivity contribution in [3.8, 4) is 22.6 Å². The van der Waals surface area contributed by atoms with E-state index in [1.54, 1.807) is 31.4 Å². The van der Waals surface area contributed by atoms with Crippen LogP contribution in [-0.4, -0.2) is 36.7 Å². The Morgan fingerprint density at radius 3 is 2.45 bits per heavy atom. The summed E-state index contributed by atoms with van der Waals surface area (Å²) in [6.45, 7) is 0.983. The third kappa shape index (κ3) is 4.73. The predicted molar refractivity (Wildman–Crippen MR) is 105 cm³/mol. The maximum absolute atomic E-state index is 12.0. The Morgan fingerprint density at radius 1 is 1.10 bits per heavy atom. The van der Waals surface area contributed by atoms with E-state index in [-0.39, 0.29) is 6.61 Å². The lowest BCUT2D eigenvalue weighted by Crippen LogP contribution is -2.40. The van der Waals surface area contributed by atoms with Crippen LogP contribution in [0.2, 0.25) is 0 Å². The van der Waals surface area contributed by atoms with Crippen molar-refractivity contribution in [2.24, 2.45) is 0 Å². The Bertz CT molecular complexity index is 1100. The van der Waals surface area contributed by atoms with Crippen LogP contribution in [0.5, 0.6) is 11.5 Å². The highest BCUT2D eigenvalue weighted by atomic mass is 16.5. The van der Waals surface area contributed by atoms with Crippen LogP contribution in [-0.2, 0) is 9.59 Å². The number of carbonyl (C=O) groups excluding carboxylic acids is 1. The Hall–Kier alpha value is -3.81. The van der Waals surface area contributed by atoms with Crippen LogP contribution in [0.4, 0.5) is 0 Å². The Morgan fingerprint density at radius 2 is 1.79 bits per heavy atom. The van der Waals surface area contributed by atoms with E-state index in [4.69, 9.17) is 19.0 Å². The van der Waals surface area contributed by atoms with Gasteiger partial charge in [-0.15, -0.1) is 0 Å². The van der Waals surface area contributed by atoms with E-state index in [1.165, 1.54) is 19.1 Å². The number of hydrogen-bond donors (Lipinski definition) is 2. The zero-order valence-electron chi connectivity index (χ0n) is 15.8. The number of carbonyl (C=O) groups is 2. The van der Waals surface area contributed by atoms with Crippen LogP contribution in [0.1, 0.15) is 6.92 Å². The van der Waals surface area contributed by atoms with Gasteiger partial charge in [0.1, 0.15) is 23.1 Å². The molecule has 0 saturated carbocycles. The fourth-order valence-electron chi connectivity index (χ4n) is 2.74. The molecule has 150 valence electrons. The Labute approximate surface area is 165 Å². The molecule has 0 aliphatic heterocycles. The molecule has 3 rings (SSSR count). The molecule has 1 heterocycles. The van der Waals surface area contributed by atoms with Gasteiger partial charge in [0.15, 0.2) is 6.61 Å². The zero-order valence-corrected chi connectivity index (χ0v) is 15.8. The summed E-state index contributed by atoms with van der Waals surface area (Å²) in [5.74, 6) is -0.705. The fraction of sp³-hybridized carbons (Fsp3) is 0.190. The second kappa shape index (κ2) is 8.47. The minimum absolute atomic E-state index is 0.306. The van der Waals surface area contributed by atoms with E-state index < -0.39 is 23.5 Å². The fourth-order valence-corrected chi connectivity index (χ4v) is 2.74. The standard InChI is InChI=1S/C21H19NO7/c1-12(21(25)26)22-19(23)11-28-15-7-8-16-17(10-20(24)29-18(16)9-15)13-3-5-14(27-2)6-4-13/h3-10,12H,11H2,1-2H3,(H,22,23)(H,25,26)/t12-/m1/s1. The molecule has 0 saturated heterocycles. The molecule has 1 atom stereocenters. The average molecular weight is 397 g/mol. The van der Waals surface area contributed by atoms with Gasteiger partial charge >= 0.3 is 11.6 Å². The summed E-state index contributed by atoms with van der Waals surface area (Å²) in [6.07, 6.45) is 0. The highest BCUT2D eigenvalue weighted by Gasteiger charge is 2.15. The topological polar surface area (TPSA) is 115 Å². The van der Waals surface area contributed by atoms with Gasteiger partial charge in [0, 0.05) is 17.5 Å². The first-order valence-electron chi connectivity index (χ1n) is 8.74. The van der Waals surface area contributed by atoms with Crippen molar-refractivity contribution in [2.45, 2.75) is 13.0 Å². The van der Waals surface area contributed by atoms with Crippen molar-refractivity contribution in [1.82, 2.24) is 5.32 Å². The number of nitrogens with one attached hydrogen (secondary N) is 1. The average Bonchev–Trinajstić information content (AvgIpc) is 2.71. The number of rotatable bonds is 7. The van der Waals surface area contributed by atoms with Crippen LogP contribution in [0.3, 0.4) is 0 Å². The summed E-state index contributed by atoms with van der Waals surface area (Å²) in [5.41, 5.74) is 1.30. The summed E-state index contributed by atoms with van der Waals surface area (Å²) in [4.78, 5) is 34.5. The minimum atomic E-state index is -1.14. The molecule has 0 fully saturated rings. The van der Waals surface area contributed by atoms with Gasteiger partial charge in [-0.25, -0.2) is 4.79 Å². The molecule has 8 heteroatoms. The van der Waals surface area contributed by atoms with Crippen LogP contribution in [0.25, 0.3) is 22.1 Å². The summed E-state index contributed by atoms with van der Waals surface area (Å²) < 4.78 is 15.8. The Balaban J connectivity index is 1.84. The lowest BCUT2D eigenvalue weighted by Gasteiger charge is -2.11. The third-order valence-corrected chi connectivity index (χ3v) is 4.23. The molecule has 2 aromatic carbocycles. The SMILES string of the molecule is COc1ccc(-c2cc(=O)oc3cc(OCC(=O)N[C@H](C)C(=O)O)ccc23)cc1. The van der Waals surface area contributed by atoms with Crippen molar-refractivity contribution in [3.63, 3.8) is 0 Å². The number of amides is 1. The second-order valence-corrected chi connectivity index (χ2v) is 6.28. The van der Waals surface area contributed by atoms with Crippen molar-refractivity contribution < 1.29 is 28.6 Å². The summed E-state index contributed by atoms with van der Waals surface area (Å²) in [5, 5.41) is 11.8. The van der Waals surface area contributed by atoms with Crippen LogP contribution >= 0.6 is 0 Å². The van der Waals surface area contributed by atoms with Gasteiger partial charge in [0.2, 0.25) is 0 Å².